The Morgan fingerprint density at radius 3 is 2.61 bits per heavy atom. The smallest absolute Gasteiger partial charge is 0.345 e. The standard InChI is InChI=1S/C18H19N3O2/c1-4-13-5-7-16(8-6-13)23-18(22)15-9-14-11-20-21(12(2)3)17(14)19-10-15/h5-12H,4H2,1-3H3. The molecule has 2 aromatic heterocycles. The third kappa shape index (κ3) is 3.08. The Morgan fingerprint density at radius 2 is 1.96 bits per heavy atom. The zero-order valence-electron chi connectivity index (χ0n) is 13.5. The SMILES string of the molecule is CCc1ccc(OC(=O)c2cnc3c(cnn3C(C)C)c2)cc1. The summed E-state index contributed by atoms with van der Waals surface area (Å²) in [5.41, 5.74) is 2.39. The zero-order valence-corrected chi connectivity index (χ0v) is 13.5. The topological polar surface area (TPSA) is 57.0 Å². The minimum Gasteiger partial charge on any atom is -0.423 e. The molecule has 3 aromatic rings. The van der Waals surface area contributed by atoms with E-state index >= 15 is 0 Å². The lowest BCUT2D eigenvalue weighted by Gasteiger charge is -2.07. The van der Waals surface area contributed by atoms with Crippen LogP contribution >= 0.6 is 0 Å². The first-order chi connectivity index (χ1) is 11.1. The summed E-state index contributed by atoms with van der Waals surface area (Å²) < 4.78 is 7.22. The first-order valence-corrected chi connectivity index (χ1v) is 7.73. The van der Waals surface area contributed by atoms with Crippen molar-refractivity contribution in [3.8, 4) is 5.75 Å². The molecule has 0 N–H and O–H groups in total. The second kappa shape index (κ2) is 6.20. The quantitative estimate of drug-likeness (QED) is 0.543. The summed E-state index contributed by atoms with van der Waals surface area (Å²) >= 11 is 0. The van der Waals surface area contributed by atoms with E-state index < -0.39 is 5.97 Å². The highest BCUT2D eigenvalue weighted by Gasteiger charge is 2.13. The van der Waals surface area contributed by atoms with Gasteiger partial charge in [0.2, 0.25) is 0 Å². The van der Waals surface area contributed by atoms with Gasteiger partial charge in [0, 0.05) is 17.6 Å². The fourth-order valence-electron chi connectivity index (χ4n) is 2.39. The Balaban J connectivity index is 1.82. The van der Waals surface area contributed by atoms with E-state index in [1.165, 1.54) is 11.8 Å². The maximum absolute atomic E-state index is 12.3. The summed E-state index contributed by atoms with van der Waals surface area (Å²) in [7, 11) is 0. The van der Waals surface area contributed by atoms with Gasteiger partial charge in [0.1, 0.15) is 5.75 Å². The molecule has 118 valence electrons. The van der Waals surface area contributed by atoms with E-state index in [1.807, 2.05) is 30.7 Å². The largest absolute Gasteiger partial charge is 0.423 e. The van der Waals surface area contributed by atoms with E-state index in [0.29, 0.717) is 11.3 Å². The van der Waals surface area contributed by atoms with Crippen LogP contribution in [0.3, 0.4) is 0 Å². The number of hydrogen-bond donors (Lipinski definition) is 0. The van der Waals surface area contributed by atoms with Crippen molar-refractivity contribution in [1.29, 1.82) is 0 Å². The molecule has 23 heavy (non-hydrogen) atoms. The molecule has 0 radical (unpaired) electrons. The number of pyridine rings is 1. The molecule has 1 aromatic carbocycles. The van der Waals surface area contributed by atoms with Crippen molar-refractivity contribution in [3.63, 3.8) is 0 Å². The Kier molecular flexibility index (Phi) is 4.10. The molecule has 3 rings (SSSR count). The molecule has 0 aliphatic rings. The van der Waals surface area contributed by atoms with Crippen LogP contribution in [0.5, 0.6) is 5.75 Å². The zero-order chi connectivity index (χ0) is 16.4. The van der Waals surface area contributed by atoms with Crippen molar-refractivity contribution >= 4 is 17.0 Å². The summed E-state index contributed by atoms with van der Waals surface area (Å²) in [6, 6.07) is 9.50. The summed E-state index contributed by atoms with van der Waals surface area (Å²) in [4.78, 5) is 16.6. The molecule has 0 bridgehead atoms. The molecule has 5 heteroatoms. The third-order valence-corrected chi connectivity index (χ3v) is 3.70. The molecule has 0 unspecified atom stereocenters. The van der Waals surface area contributed by atoms with E-state index in [0.717, 1.165) is 17.5 Å². The number of rotatable bonds is 4. The van der Waals surface area contributed by atoms with Crippen LogP contribution in [0.15, 0.2) is 42.7 Å². The monoisotopic (exact) mass is 309 g/mol. The van der Waals surface area contributed by atoms with Gasteiger partial charge >= 0.3 is 5.97 Å². The first kappa shape index (κ1) is 15.2. The second-order valence-corrected chi connectivity index (χ2v) is 5.71. The Labute approximate surface area is 134 Å². The molecule has 0 saturated carbocycles. The number of ether oxygens (including phenoxy) is 1. The highest BCUT2D eigenvalue weighted by atomic mass is 16.5. The normalized spacial score (nSPS) is 11.1. The van der Waals surface area contributed by atoms with Gasteiger partial charge in [0.15, 0.2) is 5.65 Å². The van der Waals surface area contributed by atoms with Crippen LogP contribution in [-0.4, -0.2) is 20.7 Å². The van der Waals surface area contributed by atoms with E-state index in [4.69, 9.17) is 4.74 Å². The van der Waals surface area contributed by atoms with Gasteiger partial charge in [0.25, 0.3) is 0 Å². The summed E-state index contributed by atoms with van der Waals surface area (Å²) in [5.74, 6) is 0.117. The maximum atomic E-state index is 12.3. The van der Waals surface area contributed by atoms with Crippen LogP contribution in [0.2, 0.25) is 0 Å². The van der Waals surface area contributed by atoms with Crippen LogP contribution in [0.1, 0.15) is 42.7 Å². The molecule has 0 amide bonds. The number of fused-ring (bicyclic) bond motifs is 1. The van der Waals surface area contributed by atoms with Crippen molar-refractivity contribution in [1.82, 2.24) is 14.8 Å². The van der Waals surface area contributed by atoms with Crippen LogP contribution in [0.4, 0.5) is 0 Å². The number of carbonyl (C=O) groups excluding carboxylic acids is 1. The van der Waals surface area contributed by atoms with Crippen LogP contribution in [-0.2, 0) is 6.42 Å². The lowest BCUT2D eigenvalue weighted by molar-refractivity contribution is 0.0734. The van der Waals surface area contributed by atoms with Crippen LogP contribution in [0.25, 0.3) is 11.0 Å². The van der Waals surface area contributed by atoms with Gasteiger partial charge < -0.3 is 4.74 Å². The average Bonchev–Trinajstić information content (AvgIpc) is 2.98. The van der Waals surface area contributed by atoms with Gasteiger partial charge in [-0.3, -0.25) is 0 Å². The molecule has 2 heterocycles. The molecule has 0 aliphatic carbocycles. The molecule has 0 aliphatic heterocycles. The lowest BCUT2D eigenvalue weighted by atomic mass is 10.2. The van der Waals surface area contributed by atoms with Crippen molar-refractivity contribution in [3.05, 3.63) is 53.9 Å². The van der Waals surface area contributed by atoms with Gasteiger partial charge in [-0.25, -0.2) is 14.5 Å². The molecule has 5 nitrogen and oxygen atoms in total. The number of hydrogen-bond acceptors (Lipinski definition) is 4. The molecular formula is C18H19N3O2. The van der Waals surface area contributed by atoms with E-state index in [-0.39, 0.29) is 6.04 Å². The molecule has 0 atom stereocenters. The summed E-state index contributed by atoms with van der Waals surface area (Å²) in [6.07, 6.45) is 4.20. The minimum atomic E-state index is -0.416. The number of benzene rings is 1. The lowest BCUT2D eigenvalue weighted by Crippen LogP contribution is -2.09. The van der Waals surface area contributed by atoms with Gasteiger partial charge in [-0.05, 0) is 44.0 Å². The summed E-state index contributed by atoms with van der Waals surface area (Å²) in [6.45, 7) is 6.16. The first-order valence-electron chi connectivity index (χ1n) is 7.73. The third-order valence-electron chi connectivity index (χ3n) is 3.70. The predicted octanol–water partition coefficient (Wildman–Crippen LogP) is 3.79. The van der Waals surface area contributed by atoms with E-state index in [9.17, 15) is 4.79 Å². The number of nitrogens with zero attached hydrogens (tertiary/aromatic N) is 3. The number of aryl methyl sites for hydroxylation is 1. The van der Waals surface area contributed by atoms with Gasteiger partial charge in [-0.15, -0.1) is 0 Å². The highest BCUT2D eigenvalue weighted by molar-refractivity contribution is 5.94. The Hall–Kier alpha value is -2.69. The molecule has 0 spiro atoms. The van der Waals surface area contributed by atoms with Gasteiger partial charge in [-0.2, -0.15) is 5.10 Å². The summed E-state index contributed by atoms with van der Waals surface area (Å²) in [5, 5.41) is 5.13. The van der Waals surface area contributed by atoms with Crippen molar-refractivity contribution < 1.29 is 9.53 Å². The van der Waals surface area contributed by atoms with Crippen molar-refractivity contribution in [2.24, 2.45) is 0 Å². The van der Waals surface area contributed by atoms with E-state index in [1.54, 1.807) is 24.4 Å². The fourth-order valence-corrected chi connectivity index (χ4v) is 2.39. The molecule has 0 saturated heterocycles. The minimum absolute atomic E-state index is 0.217. The van der Waals surface area contributed by atoms with Gasteiger partial charge in [0.05, 0.1) is 11.8 Å². The highest BCUT2D eigenvalue weighted by Crippen LogP contribution is 2.19. The molecular weight excluding hydrogens is 290 g/mol. The number of aromatic nitrogens is 3. The number of esters is 1. The Bertz CT molecular complexity index is 835. The fraction of sp³-hybridized carbons (Fsp3) is 0.278. The van der Waals surface area contributed by atoms with Crippen molar-refractivity contribution in [2.75, 3.05) is 0 Å². The maximum Gasteiger partial charge on any atom is 0.345 e. The molecule has 0 fully saturated rings. The van der Waals surface area contributed by atoms with Gasteiger partial charge in [-0.1, -0.05) is 19.1 Å². The second-order valence-electron chi connectivity index (χ2n) is 5.71. The van der Waals surface area contributed by atoms with Crippen molar-refractivity contribution in [2.45, 2.75) is 33.2 Å². The van der Waals surface area contributed by atoms with E-state index in [2.05, 4.69) is 17.0 Å². The number of carbonyl (C=O) groups is 1. The van der Waals surface area contributed by atoms with Crippen LogP contribution < -0.4 is 4.74 Å². The van der Waals surface area contributed by atoms with Crippen LogP contribution in [0, 0.1) is 0 Å². The average molecular weight is 309 g/mol. The predicted molar refractivity (Wildman–Crippen MR) is 88.7 cm³/mol. The Morgan fingerprint density at radius 1 is 1.22 bits per heavy atom.